The van der Waals surface area contributed by atoms with E-state index in [1.54, 1.807) is 44.4 Å². The van der Waals surface area contributed by atoms with E-state index in [1.165, 1.54) is 11.3 Å². The topological polar surface area (TPSA) is 73.4 Å². The number of rotatable bonds is 9. The maximum atomic E-state index is 13.9. The number of nitrogens with zero attached hydrogens (tertiary/aromatic N) is 3. The van der Waals surface area contributed by atoms with Crippen LogP contribution in [0.25, 0.3) is 10.2 Å². The van der Waals surface area contributed by atoms with Crippen LogP contribution in [0.3, 0.4) is 0 Å². The molecule has 0 atom stereocenters. The molecule has 9 heteroatoms. The molecule has 0 saturated carbocycles. The predicted molar refractivity (Wildman–Crippen MR) is 134 cm³/mol. The van der Waals surface area contributed by atoms with Crippen LogP contribution < -0.4 is 19.1 Å². The fraction of sp³-hybridized carbons (Fsp3) is 0.440. The van der Waals surface area contributed by atoms with Gasteiger partial charge in [-0.25, -0.2) is 4.98 Å². The largest absolute Gasteiger partial charge is 0.494 e. The van der Waals surface area contributed by atoms with Gasteiger partial charge in [0.25, 0.3) is 5.91 Å². The van der Waals surface area contributed by atoms with Crippen molar-refractivity contribution < 1.29 is 23.7 Å². The highest BCUT2D eigenvalue weighted by molar-refractivity contribution is 7.22. The monoisotopic (exact) mass is 485 g/mol. The Balaban J connectivity index is 1.69. The van der Waals surface area contributed by atoms with Gasteiger partial charge < -0.3 is 18.9 Å². The Bertz CT molecular complexity index is 1140. The third-order valence-corrected chi connectivity index (χ3v) is 7.19. The molecule has 34 heavy (non-hydrogen) atoms. The van der Waals surface area contributed by atoms with Crippen LogP contribution >= 0.6 is 11.3 Å². The predicted octanol–water partition coefficient (Wildman–Crippen LogP) is 4.00. The molecule has 182 valence electrons. The summed E-state index contributed by atoms with van der Waals surface area (Å²) in [5, 5.41) is 0.638. The molecule has 0 bridgehead atoms. The quantitative estimate of drug-likeness (QED) is 0.454. The number of fused-ring (bicyclic) bond motifs is 1. The summed E-state index contributed by atoms with van der Waals surface area (Å²) in [7, 11) is 4.74. The van der Waals surface area contributed by atoms with E-state index in [0.717, 1.165) is 55.0 Å². The van der Waals surface area contributed by atoms with Crippen LogP contribution in [0.5, 0.6) is 17.2 Å². The van der Waals surface area contributed by atoms with Crippen molar-refractivity contribution in [3.8, 4) is 17.2 Å². The van der Waals surface area contributed by atoms with Crippen LogP contribution in [0.4, 0.5) is 5.13 Å². The normalized spacial score (nSPS) is 14.2. The third-order valence-electron chi connectivity index (χ3n) is 5.98. The van der Waals surface area contributed by atoms with Gasteiger partial charge in [0.1, 0.15) is 11.3 Å². The second kappa shape index (κ2) is 11.0. The van der Waals surface area contributed by atoms with Crippen LogP contribution in [0, 0.1) is 6.92 Å². The molecular formula is C25H31N3O5S. The lowest BCUT2D eigenvalue weighted by molar-refractivity contribution is 0.0376. The van der Waals surface area contributed by atoms with Crippen molar-refractivity contribution >= 4 is 32.6 Å². The van der Waals surface area contributed by atoms with Crippen molar-refractivity contribution in [2.45, 2.75) is 13.3 Å². The number of benzene rings is 2. The molecule has 2 aromatic carbocycles. The van der Waals surface area contributed by atoms with Gasteiger partial charge in [0.05, 0.1) is 44.8 Å². The van der Waals surface area contributed by atoms with Crippen LogP contribution in [0.1, 0.15) is 22.3 Å². The summed E-state index contributed by atoms with van der Waals surface area (Å²) in [6.07, 6.45) is 0.810. The SMILES string of the molecule is COc1cccc(C(=O)N(CCCN2CCOCC2)c2nc3c(OC)ccc(C)c3s2)c1OC. The van der Waals surface area contributed by atoms with E-state index in [4.69, 9.17) is 23.9 Å². The average Bonchev–Trinajstić information content (AvgIpc) is 3.32. The fourth-order valence-corrected chi connectivity index (χ4v) is 5.22. The number of methoxy groups -OCH3 is 3. The molecule has 2 heterocycles. The smallest absolute Gasteiger partial charge is 0.263 e. The highest BCUT2D eigenvalue weighted by Gasteiger charge is 2.26. The van der Waals surface area contributed by atoms with Crippen molar-refractivity contribution in [3.63, 3.8) is 0 Å². The first-order valence-electron chi connectivity index (χ1n) is 11.3. The van der Waals surface area contributed by atoms with Gasteiger partial charge >= 0.3 is 0 Å². The van der Waals surface area contributed by atoms with Crippen LogP contribution in [0.15, 0.2) is 30.3 Å². The second-order valence-corrected chi connectivity index (χ2v) is 9.04. The summed E-state index contributed by atoms with van der Waals surface area (Å²) in [4.78, 5) is 22.8. The van der Waals surface area contributed by atoms with Gasteiger partial charge in [0, 0.05) is 26.2 Å². The number of carbonyl (C=O) groups is 1. The molecule has 1 saturated heterocycles. The Labute approximate surface area is 204 Å². The summed E-state index contributed by atoms with van der Waals surface area (Å²) in [5.41, 5.74) is 2.31. The summed E-state index contributed by atoms with van der Waals surface area (Å²) in [6, 6.07) is 9.27. The van der Waals surface area contributed by atoms with Crippen molar-refractivity contribution in [2.75, 3.05) is 65.6 Å². The molecule has 1 amide bonds. The van der Waals surface area contributed by atoms with E-state index in [2.05, 4.69) is 4.90 Å². The number of aryl methyl sites for hydroxylation is 1. The van der Waals surface area contributed by atoms with Crippen LogP contribution in [-0.2, 0) is 4.74 Å². The van der Waals surface area contributed by atoms with E-state index >= 15 is 0 Å². The maximum absolute atomic E-state index is 13.9. The average molecular weight is 486 g/mol. The van der Waals surface area contributed by atoms with Crippen molar-refractivity contribution in [1.29, 1.82) is 0 Å². The summed E-state index contributed by atoms with van der Waals surface area (Å²) in [6.45, 7) is 6.78. The Morgan fingerprint density at radius 3 is 2.56 bits per heavy atom. The zero-order valence-corrected chi connectivity index (χ0v) is 20.9. The zero-order valence-electron chi connectivity index (χ0n) is 20.1. The summed E-state index contributed by atoms with van der Waals surface area (Å²) >= 11 is 1.50. The number of para-hydroxylation sites is 1. The third kappa shape index (κ3) is 4.96. The van der Waals surface area contributed by atoms with Gasteiger partial charge in [-0.05, 0) is 37.1 Å². The minimum absolute atomic E-state index is 0.173. The van der Waals surface area contributed by atoms with Gasteiger partial charge in [0.2, 0.25) is 0 Å². The van der Waals surface area contributed by atoms with E-state index in [-0.39, 0.29) is 5.91 Å². The minimum atomic E-state index is -0.173. The molecule has 1 aliphatic rings. The summed E-state index contributed by atoms with van der Waals surface area (Å²) < 4.78 is 23.0. The lowest BCUT2D eigenvalue weighted by atomic mass is 10.1. The van der Waals surface area contributed by atoms with Crippen molar-refractivity contribution in [3.05, 3.63) is 41.5 Å². The Morgan fingerprint density at radius 1 is 1.09 bits per heavy atom. The lowest BCUT2D eigenvalue weighted by Crippen LogP contribution is -2.39. The summed E-state index contributed by atoms with van der Waals surface area (Å²) in [5.74, 6) is 1.46. The number of ether oxygens (including phenoxy) is 4. The molecule has 0 N–H and O–H groups in total. The zero-order chi connectivity index (χ0) is 24.1. The van der Waals surface area contributed by atoms with E-state index in [1.807, 2.05) is 19.1 Å². The van der Waals surface area contributed by atoms with Crippen molar-refractivity contribution in [1.82, 2.24) is 9.88 Å². The molecule has 1 fully saturated rings. The fourth-order valence-electron chi connectivity index (χ4n) is 4.14. The molecule has 1 aliphatic heterocycles. The first kappa shape index (κ1) is 24.3. The highest BCUT2D eigenvalue weighted by atomic mass is 32.1. The van der Waals surface area contributed by atoms with E-state index < -0.39 is 0 Å². The molecule has 0 unspecified atom stereocenters. The van der Waals surface area contributed by atoms with E-state index in [9.17, 15) is 4.79 Å². The minimum Gasteiger partial charge on any atom is -0.494 e. The molecule has 8 nitrogen and oxygen atoms in total. The number of amides is 1. The highest BCUT2D eigenvalue weighted by Crippen LogP contribution is 2.38. The Morgan fingerprint density at radius 2 is 1.85 bits per heavy atom. The van der Waals surface area contributed by atoms with Gasteiger partial charge in [-0.1, -0.05) is 23.5 Å². The van der Waals surface area contributed by atoms with Crippen molar-refractivity contribution in [2.24, 2.45) is 0 Å². The number of aromatic nitrogens is 1. The maximum Gasteiger partial charge on any atom is 0.263 e. The number of thiazole rings is 1. The van der Waals surface area contributed by atoms with Gasteiger partial charge in [-0.2, -0.15) is 0 Å². The lowest BCUT2D eigenvalue weighted by Gasteiger charge is -2.28. The Hall–Kier alpha value is -2.88. The second-order valence-electron chi connectivity index (χ2n) is 8.06. The number of hydrogen-bond acceptors (Lipinski definition) is 8. The van der Waals surface area contributed by atoms with Gasteiger partial charge in [0.15, 0.2) is 16.6 Å². The van der Waals surface area contributed by atoms with Gasteiger partial charge in [-0.3, -0.25) is 14.6 Å². The number of carbonyl (C=O) groups excluding carboxylic acids is 1. The number of morpholine rings is 1. The van der Waals surface area contributed by atoms with Crippen LogP contribution in [0.2, 0.25) is 0 Å². The standard InChI is InChI=1S/C25H31N3O5S/c1-17-9-10-19(30-2)21-23(17)34-25(26-21)28(12-6-11-27-13-15-33-16-14-27)24(29)18-7-5-8-20(31-3)22(18)32-4/h5,7-10H,6,11-16H2,1-4H3. The first-order valence-corrected chi connectivity index (χ1v) is 12.2. The number of anilines is 1. The first-order chi connectivity index (χ1) is 16.6. The van der Waals surface area contributed by atoms with Gasteiger partial charge in [-0.15, -0.1) is 0 Å². The Kier molecular flexibility index (Phi) is 7.87. The number of hydrogen-bond donors (Lipinski definition) is 0. The molecular weight excluding hydrogens is 454 g/mol. The van der Waals surface area contributed by atoms with Crippen LogP contribution in [-0.4, -0.2) is 76.5 Å². The molecule has 0 aliphatic carbocycles. The molecule has 4 rings (SSSR count). The molecule has 1 aromatic heterocycles. The molecule has 0 radical (unpaired) electrons. The molecule has 0 spiro atoms. The van der Waals surface area contributed by atoms with E-state index in [0.29, 0.717) is 34.5 Å². The molecule has 3 aromatic rings.